The van der Waals surface area contributed by atoms with Gasteiger partial charge >= 0.3 is 0 Å². The summed E-state index contributed by atoms with van der Waals surface area (Å²) in [5.74, 6) is -1.01. The minimum absolute atomic E-state index is 0.140. The monoisotopic (exact) mass is 234 g/mol. The number of nitrogens with two attached hydrogens (primary N) is 1. The van der Waals surface area contributed by atoms with Gasteiger partial charge in [0, 0.05) is 18.0 Å². The van der Waals surface area contributed by atoms with Crippen molar-refractivity contribution in [3.05, 3.63) is 65.0 Å². The average molecular weight is 234 g/mol. The number of halogens is 2. The molecule has 0 aliphatic heterocycles. The molecule has 2 nitrogen and oxygen atoms in total. The van der Waals surface area contributed by atoms with Crippen LogP contribution in [0.15, 0.2) is 36.7 Å². The van der Waals surface area contributed by atoms with E-state index in [0.717, 1.165) is 23.8 Å². The summed E-state index contributed by atoms with van der Waals surface area (Å²) in [6, 6.07) is 4.34. The van der Waals surface area contributed by atoms with Crippen LogP contribution >= 0.6 is 0 Å². The van der Waals surface area contributed by atoms with Crippen molar-refractivity contribution in [1.82, 2.24) is 4.98 Å². The minimum Gasteiger partial charge on any atom is -0.320 e. The van der Waals surface area contributed by atoms with E-state index in [1.807, 2.05) is 6.92 Å². The first-order chi connectivity index (χ1) is 8.09. The fourth-order valence-corrected chi connectivity index (χ4v) is 1.72. The lowest BCUT2D eigenvalue weighted by Gasteiger charge is -2.15. The fourth-order valence-electron chi connectivity index (χ4n) is 1.72. The molecular formula is C13H12F2N2. The van der Waals surface area contributed by atoms with Gasteiger partial charge in [-0.2, -0.15) is 0 Å². The Hall–Kier alpha value is -1.81. The quantitative estimate of drug-likeness (QED) is 0.867. The van der Waals surface area contributed by atoms with Gasteiger partial charge < -0.3 is 5.73 Å². The molecule has 0 saturated carbocycles. The van der Waals surface area contributed by atoms with Crippen molar-refractivity contribution in [3.63, 3.8) is 0 Å². The van der Waals surface area contributed by atoms with Crippen LogP contribution in [0.4, 0.5) is 8.78 Å². The molecule has 0 radical (unpaired) electrons. The Morgan fingerprint density at radius 1 is 1.18 bits per heavy atom. The van der Waals surface area contributed by atoms with Crippen molar-refractivity contribution in [2.75, 3.05) is 0 Å². The lowest BCUT2D eigenvalue weighted by Crippen LogP contribution is -2.15. The zero-order valence-electron chi connectivity index (χ0n) is 9.32. The first kappa shape index (κ1) is 11.7. The van der Waals surface area contributed by atoms with Crippen LogP contribution in [-0.2, 0) is 0 Å². The predicted octanol–water partition coefficient (Wildman–Crippen LogP) is 2.72. The Balaban J connectivity index is 2.47. The molecule has 2 rings (SSSR count). The van der Waals surface area contributed by atoms with E-state index in [1.165, 1.54) is 0 Å². The molecule has 1 unspecified atom stereocenters. The van der Waals surface area contributed by atoms with Crippen molar-refractivity contribution in [1.29, 1.82) is 0 Å². The van der Waals surface area contributed by atoms with E-state index >= 15 is 0 Å². The summed E-state index contributed by atoms with van der Waals surface area (Å²) in [5, 5.41) is 0. The topological polar surface area (TPSA) is 38.9 Å². The SMILES string of the molecule is Cc1ccncc1C(N)c1cc(F)ccc1F. The second kappa shape index (κ2) is 4.59. The van der Waals surface area contributed by atoms with Gasteiger partial charge in [-0.25, -0.2) is 8.78 Å². The number of benzene rings is 1. The summed E-state index contributed by atoms with van der Waals surface area (Å²) in [6.07, 6.45) is 3.21. The van der Waals surface area contributed by atoms with E-state index in [4.69, 9.17) is 5.73 Å². The average Bonchev–Trinajstić information content (AvgIpc) is 2.32. The first-order valence-electron chi connectivity index (χ1n) is 5.20. The van der Waals surface area contributed by atoms with E-state index in [9.17, 15) is 8.78 Å². The van der Waals surface area contributed by atoms with Crippen LogP contribution in [0.5, 0.6) is 0 Å². The molecule has 4 heteroatoms. The highest BCUT2D eigenvalue weighted by atomic mass is 19.1. The lowest BCUT2D eigenvalue weighted by atomic mass is 9.97. The molecule has 0 aliphatic rings. The Morgan fingerprint density at radius 3 is 2.65 bits per heavy atom. The van der Waals surface area contributed by atoms with Gasteiger partial charge in [0.2, 0.25) is 0 Å². The molecule has 1 aromatic heterocycles. The van der Waals surface area contributed by atoms with Crippen molar-refractivity contribution < 1.29 is 8.78 Å². The third kappa shape index (κ3) is 2.31. The van der Waals surface area contributed by atoms with E-state index in [2.05, 4.69) is 4.98 Å². The van der Waals surface area contributed by atoms with Crippen LogP contribution in [0.1, 0.15) is 22.7 Å². The molecule has 2 N–H and O–H groups in total. The zero-order valence-corrected chi connectivity index (χ0v) is 9.32. The third-order valence-corrected chi connectivity index (χ3v) is 2.71. The van der Waals surface area contributed by atoms with Crippen molar-refractivity contribution in [2.24, 2.45) is 5.73 Å². The highest BCUT2D eigenvalue weighted by Gasteiger charge is 2.16. The largest absolute Gasteiger partial charge is 0.320 e. The number of aryl methyl sites for hydroxylation is 1. The molecule has 0 aliphatic carbocycles. The third-order valence-electron chi connectivity index (χ3n) is 2.71. The summed E-state index contributed by atoms with van der Waals surface area (Å²) >= 11 is 0. The fraction of sp³-hybridized carbons (Fsp3) is 0.154. The molecule has 1 aromatic carbocycles. The second-order valence-corrected chi connectivity index (χ2v) is 3.88. The Kier molecular flexibility index (Phi) is 3.15. The van der Waals surface area contributed by atoms with Gasteiger partial charge in [0.05, 0.1) is 6.04 Å². The molecule has 88 valence electrons. The van der Waals surface area contributed by atoms with Crippen molar-refractivity contribution in [3.8, 4) is 0 Å². The van der Waals surface area contributed by atoms with Crippen LogP contribution in [0.3, 0.4) is 0 Å². The molecule has 0 fully saturated rings. The molecule has 1 atom stereocenters. The van der Waals surface area contributed by atoms with Crippen LogP contribution in [0.25, 0.3) is 0 Å². The normalized spacial score (nSPS) is 12.5. The standard InChI is InChI=1S/C13H12F2N2/c1-8-4-5-17-7-11(8)13(16)10-6-9(14)2-3-12(10)15/h2-7,13H,16H2,1H3. The van der Waals surface area contributed by atoms with E-state index in [0.29, 0.717) is 5.56 Å². The lowest BCUT2D eigenvalue weighted by molar-refractivity contribution is 0.576. The number of rotatable bonds is 2. The van der Waals surface area contributed by atoms with Crippen LogP contribution in [-0.4, -0.2) is 4.98 Å². The van der Waals surface area contributed by atoms with Crippen molar-refractivity contribution >= 4 is 0 Å². The second-order valence-electron chi connectivity index (χ2n) is 3.88. The summed E-state index contributed by atoms with van der Waals surface area (Å²) in [4.78, 5) is 3.95. The zero-order chi connectivity index (χ0) is 12.4. The van der Waals surface area contributed by atoms with E-state index in [1.54, 1.807) is 18.5 Å². The van der Waals surface area contributed by atoms with E-state index < -0.39 is 17.7 Å². The molecule has 17 heavy (non-hydrogen) atoms. The Morgan fingerprint density at radius 2 is 1.94 bits per heavy atom. The van der Waals surface area contributed by atoms with E-state index in [-0.39, 0.29) is 5.56 Å². The van der Waals surface area contributed by atoms with Crippen LogP contribution in [0, 0.1) is 18.6 Å². The number of hydrogen-bond acceptors (Lipinski definition) is 2. The molecule has 0 bridgehead atoms. The summed E-state index contributed by atoms with van der Waals surface area (Å²) < 4.78 is 26.7. The molecular weight excluding hydrogens is 222 g/mol. The van der Waals surface area contributed by atoms with Gasteiger partial charge in [0.15, 0.2) is 0 Å². The van der Waals surface area contributed by atoms with Gasteiger partial charge in [-0.05, 0) is 42.3 Å². The van der Waals surface area contributed by atoms with Gasteiger partial charge in [-0.3, -0.25) is 4.98 Å². The van der Waals surface area contributed by atoms with Crippen LogP contribution in [0.2, 0.25) is 0 Å². The number of hydrogen-bond donors (Lipinski definition) is 1. The summed E-state index contributed by atoms with van der Waals surface area (Å²) in [7, 11) is 0. The predicted molar refractivity (Wildman–Crippen MR) is 61.4 cm³/mol. The Labute approximate surface area is 98.1 Å². The number of aromatic nitrogens is 1. The number of nitrogens with zero attached hydrogens (tertiary/aromatic N) is 1. The highest BCUT2D eigenvalue weighted by molar-refractivity contribution is 5.35. The van der Waals surface area contributed by atoms with Gasteiger partial charge in [0.1, 0.15) is 11.6 Å². The smallest absolute Gasteiger partial charge is 0.128 e. The minimum atomic E-state index is -0.709. The maximum absolute atomic E-state index is 13.6. The number of pyridine rings is 1. The Bertz CT molecular complexity index is 541. The molecule has 2 aromatic rings. The van der Waals surface area contributed by atoms with Gasteiger partial charge in [-0.15, -0.1) is 0 Å². The molecule has 0 amide bonds. The molecule has 0 spiro atoms. The molecule has 0 saturated heterocycles. The molecule has 1 heterocycles. The maximum Gasteiger partial charge on any atom is 0.128 e. The van der Waals surface area contributed by atoms with Crippen LogP contribution < -0.4 is 5.73 Å². The van der Waals surface area contributed by atoms with Gasteiger partial charge in [-0.1, -0.05) is 0 Å². The maximum atomic E-state index is 13.6. The highest BCUT2D eigenvalue weighted by Crippen LogP contribution is 2.24. The summed E-state index contributed by atoms with van der Waals surface area (Å²) in [6.45, 7) is 1.86. The van der Waals surface area contributed by atoms with Crippen molar-refractivity contribution in [2.45, 2.75) is 13.0 Å². The van der Waals surface area contributed by atoms with Gasteiger partial charge in [0.25, 0.3) is 0 Å². The first-order valence-corrected chi connectivity index (χ1v) is 5.20. The summed E-state index contributed by atoms with van der Waals surface area (Å²) in [5.41, 5.74) is 7.67.